The van der Waals surface area contributed by atoms with Crippen molar-refractivity contribution in [3.05, 3.63) is 35.5 Å². The van der Waals surface area contributed by atoms with Crippen LogP contribution in [0.25, 0.3) is 11.3 Å². The van der Waals surface area contributed by atoms with Crippen molar-refractivity contribution in [1.82, 2.24) is 14.8 Å². The third kappa shape index (κ3) is 2.07. The molecule has 3 rings (SSSR count). The Hall–Kier alpha value is -2.24. The molecule has 1 fully saturated rings. The number of aromatic nitrogens is 3. The smallest absolute Gasteiger partial charge is 0.339 e. The normalized spacial score (nSPS) is 14.5. The topological polar surface area (TPSA) is 68.0 Å². The van der Waals surface area contributed by atoms with Gasteiger partial charge in [0.1, 0.15) is 5.56 Å². The van der Waals surface area contributed by atoms with Crippen LogP contribution in [-0.4, -0.2) is 25.8 Å². The molecular weight excluding hydrogens is 261 g/mol. The monoisotopic (exact) mass is 275 g/mol. The van der Waals surface area contributed by atoms with Gasteiger partial charge in [-0.3, -0.25) is 4.68 Å². The Morgan fingerprint density at radius 3 is 2.85 bits per heavy atom. The average molecular weight is 275 g/mol. The van der Waals surface area contributed by atoms with Crippen molar-refractivity contribution >= 4 is 5.97 Å². The van der Waals surface area contributed by atoms with E-state index < -0.39 is 11.9 Å². The van der Waals surface area contributed by atoms with Crippen molar-refractivity contribution in [1.29, 1.82) is 0 Å². The van der Waals surface area contributed by atoms with E-state index in [1.807, 2.05) is 6.92 Å². The number of hydrogen-bond donors (Lipinski definition) is 1. The van der Waals surface area contributed by atoms with Gasteiger partial charge in [-0.2, -0.15) is 9.49 Å². The summed E-state index contributed by atoms with van der Waals surface area (Å²) in [5.74, 6) is -1.35. The number of rotatable bonds is 4. The molecule has 1 aliphatic carbocycles. The summed E-state index contributed by atoms with van der Waals surface area (Å²) in [6, 6.07) is 1.70. The van der Waals surface area contributed by atoms with E-state index in [2.05, 4.69) is 10.1 Å². The van der Waals surface area contributed by atoms with Crippen molar-refractivity contribution < 1.29 is 14.3 Å². The van der Waals surface area contributed by atoms with E-state index >= 15 is 0 Å². The molecule has 2 aromatic heterocycles. The summed E-state index contributed by atoms with van der Waals surface area (Å²) < 4.78 is 15.5. The minimum absolute atomic E-state index is 0.000460. The Morgan fingerprint density at radius 2 is 2.25 bits per heavy atom. The number of carboxylic acids is 1. The lowest BCUT2D eigenvalue weighted by molar-refractivity contribution is 0.0697. The predicted molar refractivity (Wildman–Crippen MR) is 70.0 cm³/mol. The number of carboxylic acid groups (broad SMARTS) is 1. The molecule has 1 aliphatic rings. The Kier molecular flexibility index (Phi) is 3.00. The third-order valence-corrected chi connectivity index (χ3v) is 3.53. The van der Waals surface area contributed by atoms with Gasteiger partial charge in [0, 0.05) is 12.7 Å². The Morgan fingerprint density at radius 1 is 1.50 bits per heavy atom. The van der Waals surface area contributed by atoms with Gasteiger partial charge in [-0.1, -0.05) is 0 Å². The second-order valence-corrected chi connectivity index (χ2v) is 4.91. The lowest BCUT2D eigenvalue weighted by Crippen LogP contribution is -2.05. The van der Waals surface area contributed by atoms with Gasteiger partial charge in [0.2, 0.25) is 5.95 Å². The highest BCUT2D eigenvalue weighted by molar-refractivity contribution is 5.94. The van der Waals surface area contributed by atoms with Crippen LogP contribution >= 0.6 is 0 Å². The van der Waals surface area contributed by atoms with Crippen molar-refractivity contribution in [2.75, 3.05) is 0 Å². The summed E-state index contributed by atoms with van der Waals surface area (Å²) in [5.41, 5.74) is 1.46. The van der Waals surface area contributed by atoms with Crippen LogP contribution in [-0.2, 0) is 6.54 Å². The van der Waals surface area contributed by atoms with Crippen LogP contribution in [0, 0.1) is 5.95 Å². The first-order chi connectivity index (χ1) is 9.61. The fourth-order valence-corrected chi connectivity index (χ4v) is 2.34. The van der Waals surface area contributed by atoms with Gasteiger partial charge in [0.05, 0.1) is 17.5 Å². The van der Waals surface area contributed by atoms with E-state index in [0.717, 1.165) is 18.4 Å². The molecular formula is C14H14FN3O2. The average Bonchev–Trinajstić information content (AvgIpc) is 3.18. The summed E-state index contributed by atoms with van der Waals surface area (Å²) in [6.07, 6.45) is 4.94. The molecule has 0 unspecified atom stereocenters. The molecule has 6 heteroatoms. The molecule has 5 nitrogen and oxygen atoms in total. The molecule has 0 atom stereocenters. The molecule has 0 radical (unpaired) electrons. The van der Waals surface area contributed by atoms with Crippen LogP contribution in [0.15, 0.2) is 18.5 Å². The SMILES string of the molecule is CCn1ncc(C(=O)O)c1-c1cc(C2CC2)cnc1F. The predicted octanol–water partition coefficient (Wildman–Crippen LogP) is 2.68. The first-order valence-corrected chi connectivity index (χ1v) is 6.56. The molecule has 0 saturated heterocycles. The fraction of sp³-hybridized carbons (Fsp3) is 0.357. The quantitative estimate of drug-likeness (QED) is 0.871. The minimum Gasteiger partial charge on any atom is -0.478 e. The molecule has 104 valence electrons. The molecule has 0 bridgehead atoms. The largest absolute Gasteiger partial charge is 0.478 e. The van der Waals surface area contributed by atoms with Crippen LogP contribution in [0.3, 0.4) is 0 Å². The summed E-state index contributed by atoms with van der Waals surface area (Å²) in [7, 11) is 0. The fourth-order valence-electron chi connectivity index (χ4n) is 2.34. The van der Waals surface area contributed by atoms with E-state index in [1.54, 1.807) is 6.07 Å². The maximum atomic E-state index is 14.0. The zero-order chi connectivity index (χ0) is 14.3. The molecule has 20 heavy (non-hydrogen) atoms. The van der Waals surface area contributed by atoms with E-state index in [1.165, 1.54) is 17.1 Å². The van der Waals surface area contributed by atoms with E-state index in [9.17, 15) is 14.3 Å². The highest BCUT2D eigenvalue weighted by Crippen LogP contribution is 2.41. The summed E-state index contributed by atoms with van der Waals surface area (Å²) in [6.45, 7) is 2.30. The van der Waals surface area contributed by atoms with Crippen molar-refractivity contribution in [3.63, 3.8) is 0 Å². The molecule has 1 saturated carbocycles. The molecule has 2 heterocycles. The molecule has 0 spiro atoms. The first kappa shape index (κ1) is 12.8. The number of hydrogen-bond acceptors (Lipinski definition) is 3. The van der Waals surface area contributed by atoms with E-state index in [4.69, 9.17) is 0 Å². The molecule has 2 aromatic rings. The van der Waals surface area contributed by atoms with Crippen LogP contribution in [0.1, 0.15) is 41.6 Å². The standard InChI is InChI=1S/C14H14FN3O2/c1-2-18-12(11(7-17-18)14(19)20)10-5-9(8-3-4-8)6-16-13(10)15/h5-8H,2-4H2,1H3,(H,19,20). The van der Waals surface area contributed by atoms with Gasteiger partial charge in [0.15, 0.2) is 0 Å². The number of aryl methyl sites for hydroxylation is 1. The van der Waals surface area contributed by atoms with Crippen molar-refractivity contribution in [2.45, 2.75) is 32.2 Å². The summed E-state index contributed by atoms with van der Waals surface area (Å²) in [5, 5.41) is 13.2. The Bertz CT molecular complexity index is 677. The van der Waals surface area contributed by atoms with Gasteiger partial charge in [0.25, 0.3) is 0 Å². The maximum absolute atomic E-state index is 14.0. The lowest BCUT2D eigenvalue weighted by atomic mass is 10.1. The van der Waals surface area contributed by atoms with Crippen LogP contribution in [0.5, 0.6) is 0 Å². The zero-order valence-electron chi connectivity index (χ0n) is 11.0. The van der Waals surface area contributed by atoms with Gasteiger partial charge < -0.3 is 5.11 Å². The van der Waals surface area contributed by atoms with Gasteiger partial charge in [-0.05, 0) is 37.3 Å². The lowest BCUT2D eigenvalue weighted by Gasteiger charge is -2.09. The van der Waals surface area contributed by atoms with Crippen LogP contribution in [0.4, 0.5) is 4.39 Å². The number of carbonyl (C=O) groups is 1. The number of aromatic carboxylic acids is 1. The zero-order valence-corrected chi connectivity index (χ0v) is 11.0. The number of nitrogens with zero attached hydrogens (tertiary/aromatic N) is 3. The van der Waals surface area contributed by atoms with Gasteiger partial charge >= 0.3 is 5.97 Å². The third-order valence-electron chi connectivity index (χ3n) is 3.53. The van der Waals surface area contributed by atoms with Gasteiger partial charge in [-0.25, -0.2) is 9.78 Å². The number of pyridine rings is 1. The van der Waals surface area contributed by atoms with Gasteiger partial charge in [-0.15, -0.1) is 0 Å². The summed E-state index contributed by atoms with van der Waals surface area (Å²) >= 11 is 0. The molecule has 0 aromatic carbocycles. The first-order valence-electron chi connectivity index (χ1n) is 6.56. The van der Waals surface area contributed by atoms with E-state index in [-0.39, 0.29) is 16.8 Å². The second-order valence-electron chi connectivity index (χ2n) is 4.91. The second kappa shape index (κ2) is 4.70. The van der Waals surface area contributed by atoms with E-state index in [0.29, 0.717) is 12.5 Å². The molecule has 0 aliphatic heterocycles. The Balaban J connectivity index is 2.18. The van der Waals surface area contributed by atoms with Crippen LogP contribution in [0.2, 0.25) is 0 Å². The Labute approximate surface area is 115 Å². The maximum Gasteiger partial charge on any atom is 0.339 e. The highest BCUT2D eigenvalue weighted by atomic mass is 19.1. The molecule has 0 amide bonds. The summed E-state index contributed by atoms with van der Waals surface area (Å²) in [4.78, 5) is 15.0. The minimum atomic E-state index is -1.11. The van der Waals surface area contributed by atoms with Crippen molar-refractivity contribution in [3.8, 4) is 11.3 Å². The van der Waals surface area contributed by atoms with Crippen LogP contribution < -0.4 is 0 Å². The molecule has 1 N–H and O–H groups in total. The highest BCUT2D eigenvalue weighted by Gasteiger charge is 2.27. The van der Waals surface area contributed by atoms with Crippen molar-refractivity contribution in [2.24, 2.45) is 0 Å². The number of halogens is 1.